The minimum atomic E-state index is -0.300. The van der Waals surface area contributed by atoms with E-state index in [0.29, 0.717) is 42.4 Å². The van der Waals surface area contributed by atoms with Gasteiger partial charge in [0.05, 0.1) is 24.1 Å². The molecule has 3 aliphatic rings. The molecular weight excluding hydrogens is 434 g/mol. The standard InChI is InChI=1S/C26H37N3O5/c1-3-24(30)28-18-9-12-22-20(13-18)26(32)29(2)21-11-10-19(34-23(21)16-33-22)14-25(31)27-15-17-7-5-4-6-8-17/h9,12-13,17,19,21,23H,3-8,10-11,14-16H2,1-2H3,(H,27,31)(H,28,30)/t19-,21-,23+/m1/s1. The number of nitrogens with zero attached hydrogens (tertiary/aromatic N) is 1. The van der Waals surface area contributed by atoms with Crippen LogP contribution in [0.25, 0.3) is 0 Å². The number of rotatable bonds is 6. The lowest BCUT2D eigenvalue weighted by Crippen LogP contribution is -2.54. The predicted molar refractivity (Wildman–Crippen MR) is 129 cm³/mol. The summed E-state index contributed by atoms with van der Waals surface area (Å²) in [7, 11) is 1.78. The van der Waals surface area contributed by atoms with Crippen molar-refractivity contribution in [3.8, 4) is 5.75 Å². The highest BCUT2D eigenvalue weighted by Gasteiger charge is 2.39. The van der Waals surface area contributed by atoms with E-state index in [1.807, 2.05) is 0 Å². The molecule has 2 aliphatic heterocycles. The van der Waals surface area contributed by atoms with Crippen LogP contribution >= 0.6 is 0 Å². The van der Waals surface area contributed by atoms with Crippen molar-refractivity contribution in [3.63, 3.8) is 0 Å². The molecule has 0 bridgehead atoms. The van der Waals surface area contributed by atoms with Crippen LogP contribution in [-0.4, -0.2) is 61.1 Å². The summed E-state index contributed by atoms with van der Waals surface area (Å²) >= 11 is 0. The normalized spacial score (nSPS) is 25.3. The van der Waals surface area contributed by atoms with Crippen molar-refractivity contribution in [1.29, 1.82) is 0 Å². The van der Waals surface area contributed by atoms with E-state index in [1.165, 1.54) is 32.1 Å². The number of carbonyl (C=O) groups is 3. The molecule has 0 radical (unpaired) electrons. The molecule has 1 saturated carbocycles. The zero-order chi connectivity index (χ0) is 24.1. The summed E-state index contributed by atoms with van der Waals surface area (Å²) in [6.07, 6.45) is 7.93. The molecule has 186 valence electrons. The predicted octanol–water partition coefficient (Wildman–Crippen LogP) is 3.50. The second-order valence-electron chi connectivity index (χ2n) is 9.79. The van der Waals surface area contributed by atoms with E-state index in [1.54, 1.807) is 37.1 Å². The number of fused-ring (bicyclic) bond motifs is 2. The number of hydrogen-bond acceptors (Lipinski definition) is 5. The van der Waals surface area contributed by atoms with Crippen molar-refractivity contribution in [2.45, 2.75) is 83.0 Å². The number of nitrogens with one attached hydrogen (secondary N) is 2. The lowest BCUT2D eigenvalue weighted by Gasteiger charge is -2.42. The van der Waals surface area contributed by atoms with E-state index < -0.39 is 0 Å². The molecule has 2 N–H and O–H groups in total. The van der Waals surface area contributed by atoms with E-state index in [2.05, 4.69) is 10.6 Å². The van der Waals surface area contributed by atoms with Gasteiger partial charge in [0.1, 0.15) is 18.5 Å². The molecule has 8 heteroatoms. The Labute approximate surface area is 201 Å². The van der Waals surface area contributed by atoms with Crippen molar-refractivity contribution in [2.24, 2.45) is 5.92 Å². The summed E-state index contributed by atoms with van der Waals surface area (Å²) in [5, 5.41) is 5.90. The molecule has 34 heavy (non-hydrogen) atoms. The van der Waals surface area contributed by atoms with E-state index in [-0.39, 0.29) is 36.0 Å². The van der Waals surface area contributed by atoms with Crippen LogP contribution in [0.2, 0.25) is 0 Å². The highest BCUT2D eigenvalue weighted by molar-refractivity contribution is 5.99. The maximum absolute atomic E-state index is 13.3. The Kier molecular flexibility index (Phi) is 8.08. The Bertz CT molecular complexity index is 898. The van der Waals surface area contributed by atoms with Gasteiger partial charge in [-0.15, -0.1) is 0 Å². The fraction of sp³-hybridized carbons (Fsp3) is 0.654. The summed E-state index contributed by atoms with van der Waals surface area (Å²) in [5.74, 6) is 0.841. The fourth-order valence-electron chi connectivity index (χ4n) is 5.28. The first-order chi connectivity index (χ1) is 16.4. The zero-order valence-electron chi connectivity index (χ0n) is 20.3. The number of ether oxygens (including phenoxy) is 2. The molecular formula is C26H37N3O5. The van der Waals surface area contributed by atoms with Gasteiger partial charge in [0.2, 0.25) is 11.8 Å². The minimum Gasteiger partial charge on any atom is -0.490 e. The van der Waals surface area contributed by atoms with Crippen LogP contribution in [0.5, 0.6) is 5.75 Å². The van der Waals surface area contributed by atoms with Gasteiger partial charge >= 0.3 is 0 Å². The molecule has 3 atom stereocenters. The second kappa shape index (κ2) is 11.2. The zero-order valence-corrected chi connectivity index (χ0v) is 20.3. The van der Waals surface area contributed by atoms with E-state index in [0.717, 1.165) is 19.4 Å². The van der Waals surface area contributed by atoms with Crippen LogP contribution in [0.4, 0.5) is 5.69 Å². The summed E-state index contributed by atoms with van der Waals surface area (Å²) in [5.41, 5.74) is 1.01. The van der Waals surface area contributed by atoms with E-state index in [9.17, 15) is 14.4 Å². The molecule has 4 rings (SSSR count). The van der Waals surface area contributed by atoms with Gasteiger partial charge in [-0.1, -0.05) is 26.2 Å². The molecule has 3 amide bonds. The maximum atomic E-state index is 13.3. The van der Waals surface area contributed by atoms with Gasteiger partial charge in [0.25, 0.3) is 5.91 Å². The lowest BCUT2D eigenvalue weighted by molar-refractivity contribution is -0.134. The number of carbonyl (C=O) groups excluding carboxylic acids is 3. The Morgan fingerprint density at radius 3 is 2.65 bits per heavy atom. The molecule has 1 aromatic carbocycles. The van der Waals surface area contributed by atoms with Gasteiger partial charge in [0, 0.05) is 25.7 Å². The average molecular weight is 472 g/mol. The fourth-order valence-corrected chi connectivity index (χ4v) is 5.28. The third kappa shape index (κ3) is 5.90. The summed E-state index contributed by atoms with van der Waals surface area (Å²) in [6, 6.07) is 4.99. The summed E-state index contributed by atoms with van der Waals surface area (Å²) < 4.78 is 12.3. The molecule has 0 unspecified atom stereocenters. The molecule has 1 aliphatic carbocycles. The maximum Gasteiger partial charge on any atom is 0.257 e. The van der Waals surface area contributed by atoms with Gasteiger partial charge < -0.3 is 25.0 Å². The van der Waals surface area contributed by atoms with Gasteiger partial charge in [-0.25, -0.2) is 0 Å². The minimum absolute atomic E-state index is 0.0391. The molecule has 8 nitrogen and oxygen atoms in total. The first kappa shape index (κ1) is 24.5. The molecule has 0 spiro atoms. The van der Waals surface area contributed by atoms with E-state index in [4.69, 9.17) is 9.47 Å². The van der Waals surface area contributed by atoms with Crippen LogP contribution in [0, 0.1) is 5.92 Å². The largest absolute Gasteiger partial charge is 0.490 e. The monoisotopic (exact) mass is 471 g/mol. The Morgan fingerprint density at radius 2 is 1.88 bits per heavy atom. The van der Waals surface area contributed by atoms with Crippen molar-refractivity contribution in [3.05, 3.63) is 23.8 Å². The highest BCUT2D eigenvalue weighted by Crippen LogP contribution is 2.32. The quantitative estimate of drug-likeness (QED) is 0.662. The van der Waals surface area contributed by atoms with Gasteiger partial charge in [-0.2, -0.15) is 0 Å². The summed E-state index contributed by atoms with van der Waals surface area (Å²) in [4.78, 5) is 39.3. The van der Waals surface area contributed by atoms with Crippen LogP contribution in [-0.2, 0) is 14.3 Å². The molecule has 2 heterocycles. The van der Waals surface area contributed by atoms with Gasteiger partial charge in [0.15, 0.2) is 0 Å². The number of benzene rings is 1. The van der Waals surface area contributed by atoms with E-state index >= 15 is 0 Å². The van der Waals surface area contributed by atoms with Crippen LogP contribution in [0.3, 0.4) is 0 Å². The Morgan fingerprint density at radius 1 is 1.09 bits per heavy atom. The highest BCUT2D eigenvalue weighted by atomic mass is 16.5. The van der Waals surface area contributed by atoms with Crippen molar-refractivity contribution >= 4 is 23.4 Å². The smallest absolute Gasteiger partial charge is 0.257 e. The number of hydrogen-bond donors (Lipinski definition) is 2. The Hall–Kier alpha value is -2.61. The number of amides is 3. The van der Waals surface area contributed by atoms with Gasteiger partial charge in [-0.3, -0.25) is 14.4 Å². The van der Waals surface area contributed by atoms with Crippen molar-refractivity contribution in [1.82, 2.24) is 10.2 Å². The Balaban J connectivity index is 1.36. The molecule has 0 aromatic heterocycles. The van der Waals surface area contributed by atoms with Crippen molar-refractivity contribution in [2.75, 3.05) is 25.5 Å². The first-order valence-corrected chi connectivity index (χ1v) is 12.7. The first-order valence-electron chi connectivity index (χ1n) is 12.7. The second-order valence-corrected chi connectivity index (χ2v) is 9.79. The number of anilines is 1. The topological polar surface area (TPSA) is 97.0 Å². The lowest BCUT2D eigenvalue weighted by atomic mass is 9.89. The van der Waals surface area contributed by atoms with Crippen LogP contribution in [0.1, 0.15) is 75.1 Å². The molecule has 1 aromatic rings. The third-order valence-electron chi connectivity index (χ3n) is 7.34. The van der Waals surface area contributed by atoms with Gasteiger partial charge in [-0.05, 0) is 49.8 Å². The number of likely N-dealkylation sites (N-methyl/N-ethyl adjacent to an activating group) is 1. The average Bonchev–Trinajstić information content (AvgIpc) is 2.86. The molecule has 1 saturated heterocycles. The van der Waals surface area contributed by atoms with Crippen LogP contribution < -0.4 is 15.4 Å². The SMILES string of the molecule is CCC(=O)Nc1ccc2c(c1)C(=O)N(C)[C@@H]1CC[C@H](CC(=O)NCC3CCCCC3)O[C@H]1CO2. The molecule has 2 fully saturated rings. The van der Waals surface area contributed by atoms with Crippen molar-refractivity contribution < 1.29 is 23.9 Å². The third-order valence-corrected chi connectivity index (χ3v) is 7.34. The van der Waals surface area contributed by atoms with Crippen LogP contribution in [0.15, 0.2) is 18.2 Å². The summed E-state index contributed by atoms with van der Waals surface area (Å²) in [6.45, 7) is 2.84.